The minimum absolute atomic E-state index is 0.240. The summed E-state index contributed by atoms with van der Waals surface area (Å²) in [4.78, 5) is 16.8. The van der Waals surface area contributed by atoms with Crippen LogP contribution in [-0.2, 0) is 4.79 Å². The number of methoxy groups -OCH3 is 3. The summed E-state index contributed by atoms with van der Waals surface area (Å²) in [5.41, 5.74) is 1.55. The quantitative estimate of drug-likeness (QED) is 0.703. The Bertz CT molecular complexity index is 879. The average Bonchev–Trinajstić information content (AvgIpc) is 3.38. The first-order chi connectivity index (χ1) is 15.1. The van der Waals surface area contributed by atoms with Crippen LogP contribution in [0.5, 0.6) is 17.2 Å². The molecule has 31 heavy (non-hydrogen) atoms. The van der Waals surface area contributed by atoms with E-state index in [1.807, 2.05) is 29.2 Å². The number of amides is 1. The minimum Gasteiger partial charge on any atom is -0.493 e. The topological polar surface area (TPSA) is 77.0 Å². The van der Waals surface area contributed by atoms with Crippen LogP contribution in [0.2, 0.25) is 0 Å². The second-order valence-corrected chi connectivity index (χ2v) is 7.98. The molecule has 1 amide bonds. The van der Waals surface area contributed by atoms with E-state index >= 15 is 0 Å². The van der Waals surface area contributed by atoms with Crippen molar-refractivity contribution in [3.05, 3.63) is 24.3 Å². The highest BCUT2D eigenvalue weighted by atomic mass is 16.5. The fourth-order valence-corrected chi connectivity index (χ4v) is 4.46. The Hall–Kier alpha value is -3.03. The monoisotopic (exact) mass is 426 g/mol. The van der Waals surface area contributed by atoms with E-state index in [-0.39, 0.29) is 5.92 Å². The second kappa shape index (κ2) is 9.41. The minimum atomic E-state index is 0.240. The average molecular weight is 427 g/mol. The van der Waals surface area contributed by atoms with E-state index in [1.165, 1.54) is 12.8 Å². The van der Waals surface area contributed by atoms with Gasteiger partial charge < -0.3 is 24.0 Å². The number of nitrogens with zero attached hydrogens (tertiary/aromatic N) is 4. The fourth-order valence-electron chi connectivity index (χ4n) is 4.46. The Morgan fingerprint density at radius 2 is 1.55 bits per heavy atom. The molecule has 2 fully saturated rings. The smallest absolute Gasteiger partial charge is 0.225 e. The highest BCUT2D eigenvalue weighted by molar-refractivity contribution is 5.79. The molecule has 2 aromatic rings. The standard InChI is InChI=1S/C23H30N4O4/c1-29-19-14-17(15-20(30-2)22(19)31-3)18-8-9-21(25-24-18)26-10-12-27(13-11-26)23(28)16-6-4-5-7-16/h8-9,14-16H,4-7,10-13H2,1-3H3. The van der Waals surface area contributed by atoms with Crippen molar-refractivity contribution in [1.29, 1.82) is 0 Å². The third kappa shape index (κ3) is 4.38. The summed E-state index contributed by atoms with van der Waals surface area (Å²) in [6.45, 7) is 3.03. The summed E-state index contributed by atoms with van der Waals surface area (Å²) in [5.74, 6) is 3.09. The van der Waals surface area contributed by atoms with E-state index in [0.29, 0.717) is 23.2 Å². The zero-order valence-corrected chi connectivity index (χ0v) is 18.5. The van der Waals surface area contributed by atoms with Gasteiger partial charge in [0.05, 0.1) is 27.0 Å². The van der Waals surface area contributed by atoms with Gasteiger partial charge in [-0.2, -0.15) is 0 Å². The van der Waals surface area contributed by atoms with Gasteiger partial charge in [0, 0.05) is 37.7 Å². The lowest BCUT2D eigenvalue weighted by Gasteiger charge is -2.36. The number of ether oxygens (including phenoxy) is 3. The molecule has 166 valence electrons. The van der Waals surface area contributed by atoms with Gasteiger partial charge in [-0.3, -0.25) is 4.79 Å². The van der Waals surface area contributed by atoms with Crippen molar-refractivity contribution in [2.75, 3.05) is 52.4 Å². The van der Waals surface area contributed by atoms with Crippen molar-refractivity contribution in [2.45, 2.75) is 25.7 Å². The van der Waals surface area contributed by atoms with Gasteiger partial charge in [0.15, 0.2) is 17.3 Å². The van der Waals surface area contributed by atoms with Crippen LogP contribution in [-0.4, -0.2) is 68.5 Å². The first kappa shape index (κ1) is 21.2. The summed E-state index contributed by atoms with van der Waals surface area (Å²) < 4.78 is 16.2. The molecule has 1 aromatic carbocycles. The van der Waals surface area contributed by atoms with E-state index in [0.717, 1.165) is 56.1 Å². The normalized spacial score (nSPS) is 17.0. The highest BCUT2D eigenvalue weighted by Crippen LogP contribution is 2.40. The summed E-state index contributed by atoms with van der Waals surface area (Å²) in [6.07, 6.45) is 4.47. The summed E-state index contributed by atoms with van der Waals surface area (Å²) in [6, 6.07) is 7.63. The molecular weight excluding hydrogens is 396 g/mol. The van der Waals surface area contributed by atoms with Crippen molar-refractivity contribution >= 4 is 11.7 Å². The number of hydrogen-bond acceptors (Lipinski definition) is 7. The number of hydrogen-bond donors (Lipinski definition) is 0. The SMILES string of the molecule is COc1cc(-c2ccc(N3CCN(C(=O)C4CCCC4)CC3)nn2)cc(OC)c1OC. The molecule has 0 spiro atoms. The molecule has 8 heteroatoms. The molecule has 0 unspecified atom stereocenters. The summed E-state index contributed by atoms with van der Waals surface area (Å²) in [7, 11) is 4.76. The van der Waals surface area contributed by atoms with Crippen molar-refractivity contribution in [3.63, 3.8) is 0 Å². The van der Waals surface area contributed by atoms with Crippen molar-refractivity contribution in [2.24, 2.45) is 5.92 Å². The van der Waals surface area contributed by atoms with Crippen molar-refractivity contribution < 1.29 is 19.0 Å². The molecule has 1 aliphatic carbocycles. The van der Waals surface area contributed by atoms with E-state index in [4.69, 9.17) is 14.2 Å². The van der Waals surface area contributed by atoms with Crippen LogP contribution in [0.4, 0.5) is 5.82 Å². The van der Waals surface area contributed by atoms with Crippen LogP contribution in [0.1, 0.15) is 25.7 Å². The van der Waals surface area contributed by atoms with Crippen LogP contribution in [0.25, 0.3) is 11.3 Å². The molecule has 0 N–H and O–H groups in total. The van der Waals surface area contributed by atoms with E-state index < -0.39 is 0 Å². The maximum absolute atomic E-state index is 12.6. The predicted octanol–water partition coefficient (Wildman–Crippen LogP) is 3.01. The summed E-state index contributed by atoms with van der Waals surface area (Å²) in [5, 5.41) is 8.86. The van der Waals surface area contributed by atoms with Crippen LogP contribution in [0.3, 0.4) is 0 Å². The van der Waals surface area contributed by atoms with Crippen LogP contribution in [0, 0.1) is 5.92 Å². The maximum Gasteiger partial charge on any atom is 0.225 e. The third-order valence-corrected chi connectivity index (χ3v) is 6.23. The predicted molar refractivity (Wildman–Crippen MR) is 118 cm³/mol. The molecule has 0 atom stereocenters. The molecule has 8 nitrogen and oxygen atoms in total. The van der Waals surface area contributed by atoms with Gasteiger partial charge in [0.1, 0.15) is 0 Å². The molecule has 1 aliphatic heterocycles. The van der Waals surface area contributed by atoms with Gasteiger partial charge in [0.25, 0.3) is 0 Å². The lowest BCUT2D eigenvalue weighted by atomic mass is 10.1. The van der Waals surface area contributed by atoms with Gasteiger partial charge >= 0.3 is 0 Å². The van der Waals surface area contributed by atoms with Crippen LogP contribution in [0.15, 0.2) is 24.3 Å². The molecule has 0 radical (unpaired) electrons. The lowest BCUT2D eigenvalue weighted by molar-refractivity contribution is -0.135. The Labute approximate surface area is 183 Å². The Morgan fingerprint density at radius 3 is 2.06 bits per heavy atom. The van der Waals surface area contributed by atoms with E-state index in [9.17, 15) is 4.79 Å². The number of rotatable bonds is 6. The number of anilines is 1. The highest BCUT2D eigenvalue weighted by Gasteiger charge is 2.29. The molecule has 2 heterocycles. The zero-order valence-electron chi connectivity index (χ0n) is 18.5. The van der Waals surface area contributed by atoms with Crippen molar-refractivity contribution in [1.82, 2.24) is 15.1 Å². The van der Waals surface area contributed by atoms with Gasteiger partial charge in [0.2, 0.25) is 11.7 Å². The molecule has 1 saturated heterocycles. The first-order valence-corrected chi connectivity index (χ1v) is 10.8. The van der Waals surface area contributed by atoms with E-state index in [2.05, 4.69) is 15.1 Å². The van der Waals surface area contributed by atoms with Gasteiger partial charge in [-0.05, 0) is 37.1 Å². The Morgan fingerprint density at radius 1 is 0.903 bits per heavy atom. The Balaban J connectivity index is 1.44. The number of piperazine rings is 1. The molecule has 4 rings (SSSR count). The van der Waals surface area contributed by atoms with Crippen LogP contribution >= 0.6 is 0 Å². The second-order valence-electron chi connectivity index (χ2n) is 7.98. The fraction of sp³-hybridized carbons (Fsp3) is 0.522. The number of carbonyl (C=O) groups excluding carboxylic acids is 1. The molecule has 1 saturated carbocycles. The van der Waals surface area contributed by atoms with E-state index in [1.54, 1.807) is 21.3 Å². The zero-order chi connectivity index (χ0) is 21.8. The lowest BCUT2D eigenvalue weighted by Crippen LogP contribution is -2.50. The molecule has 2 aliphatic rings. The number of carbonyl (C=O) groups is 1. The van der Waals surface area contributed by atoms with Crippen LogP contribution < -0.4 is 19.1 Å². The molecular formula is C23H30N4O4. The first-order valence-electron chi connectivity index (χ1n) is 10.8. The maximum atomic E-state index is 12.6. The van der Waals surface area contributed by atoms with Gasteiger partial charge in [-0.1, -0.05) is 12.8 Å². The number of benzene rings is 1. The Kier molecular flexibility index (Phi) is 6.44. The molecule has 0 bridgehead atoms. The van der Waals surface area contributed by atoms with Gasteiger partial charge in [-0.25, -0.2) is 0 Å². The van der Waals surface area contributed by atoms with Gasteiger partial charge in [-0.15, -0.1) is 10.2 Å². The van der Waals surface area contributed by atoms with Crippen molar-refractivity contribution in [3.8, 4) is 28.5 Å². The molecule has 1 aromatic heterocycles. The largest absolute Gasteiger partial charge is 0.493 e. The summed E-state index contributed by atoms with van der Waals surface area (Å²) >= 11 is 0. The third-order valence-electron chi connectivity index (χ3n) is 6.23. The number of aromatic nitrogens is 2.